The Bertz CT molecular complexity index is 655. The molecule has 1 aromatic carbocycles. The van der Waals surface area contributed by atoms with Gasteiger partial charge in [-0.15, -0.1) is 0 Å². The summed E-state index contributed by atoms with van der Waals surface area (Å²) in [7, 11) is 1.30. The lowest BCUT2D eigenvalue weighted by atomic mass is 10.1. The number of nitrogens with two attached hydrogens (primary N) is 1. The van der Waals surface area contributed by atoms with E-state index in [0.29, 0.717) is 5.69 Å². The lowest BCUT2D eigenvalue weighted by Gasteiger charge is -2.03. The molecule has 2 rings (SSSR count). The van der Waals surface area contributed by atoms with Crippen LogP contribution in [0.2, 0.25) is 0 Å². The normalized spacial score (nSPS) is 9.32. The van der Waals surface area contributed by atoms with Crippen LogP contribution in [-0.4, -0.2) is 18.1 Å². The third-order valence-corrected chi connectivity index (χ3v) is 2.49. The van der Waals surface area contributed by atoms with Crippen molar-refractivity contribution in [1.29, 1.82) is 0 Å². The van der Waals surface area contributed by atoms with Crippen molar-refractivity contribution in [1.82, 2.24) is 4.98 Å². The summed E-state index contributed by atoms with van der Waals surface area (Å²) in [5, 5.41) is 0. The molecule has 0 saturated carbocycles. The zero-order chi connectivity index (χ0) is 13.7. The molecule has 0 aliphatic rings. The van der Waals surface area contributed by atoms with Crippen LogP contribution < -0.4 is 5.73 Å². The minimum atomic E-state index is -0.498. The third-order valence-electron chi connectivity index (χ3n) is 2.49. The molecule has 0 radical (unpaired) electrons. The molecule has 4 nitrogen and oxygen atoms in total. The van der Waals surface area contributed by atoms with Crippen molar-refractivity contribution >= 4 is 11.7 Å². The van der Waals surface area contributed by atoms with Gasteiger partial charge in [-0.25, -0.2) is 9.78 Å². The SMILES string of the molecule is COC(=O)c1ccnc(C#Cc2ccccc2)c1N. The van der Waals surface area contributed by atoms with E-state index in [9.17, 15) is 4.79 Å². The Kier molecular flexibility index (Phi) is 3.79. The van der Waals surface area contributed by atoms with Crippen LogP contribution in [0.15, 0.2) is 42.6 Å². The molecular weight excluding hydrogens is 240 g/mol. The highest BCUT2D eigenvalue weighted by Crippen LogP contribution is 2.15. The summed E-state index contributed by atoms with van der Waals surface area (Å²) in [4.78, 5) is 15.5. The van der Waals surface area contributed by atoms with Gasteiger partial charge >= 0.3 is 5.97 Å². The van der Waals surface area contributed by atoms with Crippen molar-refractivity contribution in [2.45, 2.75) is 0 Å². The number of anilines is 1. The van der Waals surface area contributed by atoms with Crippen molar-refractivity contribution in [3.63, 3.8) is 0 Å². The Balaban J connectivity index is 2.37. The number of hydrogen-bond acceptors (Lipinski definition) is 4. The second-order valence-corrected chi connectivity index (χ2v) is 3.73. The van der Waals surface area contributed by atoms with E-state index in [2.05, 4.69) is 21.6 Å². The minimum Gasteiger partial charge on any atom is -0.465 e. The van der Waals surface area contributed by atoms with E-state index in [0.717, 1.165) is 5.56 Å². The molecule has 0 unspecified atom stereocenters. The molecule has 94 valence electrons. The van der Waals surface area contributed by atoms with Crippen molar-refractivity contribution in [3.05, 3.63) is 59.4 Å². The minimum absolute atomic E-state index is 0.234. The standard InChI is InChI=1S/C15H12N2O2/c1-19-15(18)12-9-10-17-13(14(12)16)8-7-11-5-3-2-4-6-11/h2-6,9-10H,16H2,1H3. The Hall–Kier alpha value is -2.80. The van der Waals surface area contributed by atoms with Crippen molar-refractivity contribution in [2.75, 3.05) is 12.8 Å². The third kappa shape index (κ3) is 2.90. The molecule has 2 aromatic rings. The van der Waals surface area contributed by atoms with Gasteiger partial charge in [0.1, 0.15) is 5.69 Å². The number of nitrogens with zero attached hydrogens (tertiary/aromatic N) is 1. The molecule has 0 aliphatic heterocycles. The average Bonchev–Trinajstić information content (AvgIpc) is 2.46. The zero-order valence-corrected chi connectivity index (χ0v) is 10.4. The first-order chi connectivity index (χ1) is 9.22. The Morgan fingerprint density at radius 2 is 1.95 bits per heavy atom. The maximum absolute atomic E-state index is 11.5. The van der Waals surface area contributed by atoms with E-state index in [1.54, 1.807) is 0 Å². The second-order valence-electron chi connectivity index (χ2n) is 3.73. The van der Waals surface area contributed by atoms with Gasteiger partial charge in [0.25, 0.3) is 0 Å². The van der Waals surface area contributed by atoms with Crippen molar-refractivity contribution < 1.29 is 9.53 Å². The molecule has 4 heteroatoms. The molecule has 2 N–H and O–H groups in total. The highest BCUT2D eigenvalue weighted by molar-refractivity contribution is 5.95. The fourth-order valence-corrected chi connectivity index (χ4v) is 1.51. The summed E-state index contributed by atoms with van der Waals surface area (Å²) < 4.78 is 4.64. The number of carbonyl (C=O) groups excluding carboxylic acids is 1. The Labute approximate surface area is 111 Å². The molecular formula is C15H12N2O2. The molecule has 0 amide bonds. The number of ether oxygens (including phenoxy) is 1. The number of rotatable bonds is 1. The molecule has 0 fully saturated rings. The van der Waals surface area contributed by atoms with Crippen molar-refractivity contribution in [3.8, 4) is 11.8 Å². The van der Waals surface area contributed by atoms with Crippen LogP contribution >= 0.6 is 0 Å². The molecule has 1 heterocycles. The van der Waals surface area contributed by atoms with Crippen LogP contribution in [-0.2, 0) is 4.74 Å². The van der Waals surface area contributed by atoms with Gasteiger partial charge in [-0.1, -0.05) is 24.1 Å². The van der Waals surface area contributed by atoms with E-state index in [-0.39, 0.29) is 11.3 Å². The quantitative estimate of drug-likeness (QED) is 0.621. The first kappa shape index (κ1) is 12.7. The molecule has 0 spiro atoms. The van der Waals surface area contributed by atoms with Gasteiger partial charge in [0.05, 0.1) is 18.4 Å². The maximum Gasteiger partial charge on any atom is 0.340 e. The van der Waals surface area contributed by atoms with Gasteiger partial charge in [-0.3, -0.25) is 0 Å². The lowest BCUT2D eigenvalue weighted by molar-refractivity contribution is 0.0602. The number of esters is 1. The van der Waals surface area contributed by atoms with Gasteiger partial charge in [0.15, 0.2) is 0 Å². The van der Waals surface area contributed by atoms with Crippen molar-refractivity contribution in [2.24, 2.45) is 0 Å². The topological polar surface area (TPSA) is 65.2 Å². The predicted octanol–water partition coefficient (Wildman–Crippen LogP) is 1.85. The number of hydrogen-bond donors (Lipinski definition) is 1. The fourth-order valence-electron chi connectivity index (χ4n) is 1.51. The van der Waals surface area contributed by atoms with Gasteiger partial charge in [0, 0.05) is 11.8 Å². The smallest absolute Gasteiger partial charge is 0.340 e. The summed E-state index contributed by atoms with van der Waals surface area (Å²) in [6, 6.07) is 11.0. The first-order valence-electron chi connectivity index (χ1n) is 5.62. The Morgan fingerprint density at radius 1 is 1.21 bits per heavy atom. The number of methoxy groups -OCH3 is 1. The molecule has 1 aromatic heterocycles. The van der Waals surface area contributed by atoms with Crippen LogP contribution in [0.4, 0.5) is 5.69 Å². The molecule has 19 heavy (non-hydrogen) atoms. The number of pyridine rings is 1. The molecule has 0 bridgehead atoms. The fraction of sp³-hybridized carbons (Fsp3) is 0.0667. The number of carbonyl (C=O) groups is 1. The summed E-state index contributed by atoms with van der Waals surface area (Å²) in [5.74, 6) is 5.30. The highest BCUT2D eigenvalue weighted by atomic mass is 16.5. The first-order valence-corrected chi connectivity index (χ1v) is 5.62. The van der Waals surface area contributed by atoms with Gasteiger partial charge < -0.3 is 10.5 Å². The van der Waals surface area contributed by atoms with Gasteiger partial charge in [-0.2, -0.15) is 0 Å². The van der Waals surface area contributed by atoms with E-state index < -0.39 is 5.97 Å². The maximum atomic E-state index is 11.5. The molecule has 0 atom stereocenters. The largest absolute Gasteiger partial charge is 0.465 e. The van der Waals surface area contributed by atoms with E-state index >= 15 is 0 Å². The summed E-state index contributed by atoms with van der Waals surface area (Å²) in [6.45, 7) is 0. The highest BCUT2D eigenvalue weighted by Gasteiger charge is 2.12. The molecule has 0 saturated heterocycles. The van der Waals surface area contributed by atoms with Crippen LogP contribution in [0.5, 0.6) is 0 Å². The van der Waals surface area contributed by atoms with Crippen LogP contribution in [0, 0.1) is 11.8 Å². The monoisotopic (exact) mass is 252 g/mol. The Morgan fingerprint density at radius 3 is 2.63 bits per heavy atom. The van der Waals surface area contributed by atoms with Crippen LogP contribution in [0.3, 0.4) is 0 Å². The lowest BCUT2D eigenvalue weighted by Crippen LogP contribution is -2.08. The number of nitrogen functional groups attached to an aromatic ring is 1. The zero-order valence-electron chi connectivity index (χ0n) is 10.4. The predicted molar refractivity (Wildman–Crippen MR) is 72.4 cm³/mol. The number of aromatic nitrogens is 1. The summed E-state index contributed by atoms with van der Waals surface area (Å²) >= 11 is 0. The van der Waals surface area contributed by atoms with E-state index in [1.165, 1.54) is 19.4 Å². The average molecular weight is 252 g/mol. The summed E-state index contributed by atoms with van der Waals surface area (Å²) in [5.41, 5.74) is 7.59. The van der Waals surface area contributed by atoms with Gasteiger partial charge in [0.2, 0.25) is 0 Å². The van der Waals surface area contributed by atoms with Crippen LogP contribution in [0.1, 0.15) is 21.6 Å². The van der Waals surface area contributed by atoms with Gasteiger partial charge in [-0.05, 0) is 24.1 Å². The summed E-state index contributed by atoms with van der Waals surface area (Å²) in [6.07, 6.45) is 1.48. The second kappa shape index (κ2) is 5.69. The van der Waals surface area contributed by atoms with E-state index in [1.807, 2.05) is 30.3 Å². The van der Waals surface area contributed by atoms with E-state index in [4.69, 9.17) is 5.73 Å². The molecule has 0 aliphatic carbocycles. The number of benzene rings is 1. The van der Waals surface area contributed by atoms with Crippen LogP contribution in [0.25, 0.3) is 0 Å².